The summed E-state index contributed by atoms with van der Waals surface area (Å²) in [5.41, 5.74) is 1.62. The Hall–Kier alpha value is -2.09. The third kappa shape index (κ3) is 3.30. The molecule has 0 aliphatic carbocycles. The van der Waals surface area contributed by atoms with Crippen LogP contribution in [0.2, 0.25) is 15.3 Å². The molecule has 134 valence electrons. The molecule has 0 aromatic carbocycles. The van der Waals surface area contributed by atoms with Gasteiger partial charge in [-0.3, -0.25) is 4.79 Å². The van der Waals surface area contributed by atoms with Crippen molar-refractivity contribution < 1.29 is 4.79 Å². The Morgan fingerprint density at radius 2 is 2.04 bits per heavy atom. The van der Waals surface area contributed by atoms with Gasteiger partial charge in [0, 0.05) is 24.3 Å². The van der Waals surface area contributed by atoms with E-state index in [-0.39, 0.29) is 17.1 Å². The van der Waals surface area contributed by atoms with Gasteiger partial charge in [0.25, 0.3) is 0 Å². The second kappa shape index (κ2) is 6.90. The first-order valence-corrected chi connectivity index (χ1v) is 8.97. The highest BCUT2D eigenvalue weighted by Crippen LogP contribution is 2.29. The Balaban J connectivity index is 1.35. The molecule has 1 aliphatic rings. The minimum atomic E-state index is -0.131. The average Bonchev–Trinajstić information content (AvgIpc) is 2.96. The molecule has 0 bridgehead atoms. The van der Waals surface area contributed by atoms with Crippen molar-refractivity contribution in [3.8, 4) is 0 Å². The lowest BCUT2D eigenvalue weighted by Gasteiger charge is -2.39. The van der Waals surface area contributed by atoms with Gasteiger partial charge in [0.05, 0.1) is 30.6 Å². The summed E-state index contributed by atoms with van der Waals surface area (Å²) in [4.78, 5) is 26.5. The molecular weight excluding hydrogens is 399 g/mol. The minimum absolute atomic E-state index is 0.0264. The van der Waals surface area contributed by atoms with Crippen LogP contribution in [0.25, 0.3) is 5.65 Å². The number of nitrogens with zero attached hydrogens (tertiary/aromatic N) is 5. The Morgan fingerprint density at radius 3 is 2.85 bits per heavy atom. The summed E-state index contributed by atoms with van der Waals surface area (Å²) >= 11 is 17.8. The first-order chi connectivity index (χ1) is 12.5. The zero-order valence-corrected chi connectivity index (χ0v) is 15.6. The topological polar surface area (TPSA) is 75.4 Å². The lowest BCUT2D eigenvalue weighted by atomic mass is 9.99. The van der Waals surface area contributed by atoms with E-state index in [4.69, 9.17) is 34.8 Å². The maximum Gasteiger partial charge on any atom is 0.227 e. The number of amides is 1. The van der Waals surface area contributed by atoms with E-state index < -0.39 is 0 Å². The highest BCUT2D eigenvalue weighted by atomic mass is 35.5. The van der Waals surface area contributed by atoms with Gasteiger partial charge in [0.1, 0.15) is 10.7 Å². The van der Waals surface area contributed by atoms with Crippen molar-refractivity contribution in [2.45, 2.75) is 6.54 Å². The molecular formula is C16H13Cl3N6O. The molecule has 7 nitrogen and oxygen atoms in total. The fourth-order valence-electron chi connectivity index (χ4n) is 2.84. The number of fused-ring (bicyclic) bond motifs is 1. The average molecular weight is 412 g/mol. The predicted molar refractivity (Wildman–Crippen MR) is 99.8 cm³/mol. The van der Waals surface area contributed by atoms with Gasteiger partial charge in [-0.25, -0.2) is 9.97 Å². The summed E-state index contributed by atoms with van der Waals surface area (Å²) in [6.07, 6.45) is 5.01. The Labute approximate surface area is 163 Å². The summed E-state index contributed by atoms with van der Waals surface area (Å²) in [5, 5.41) is 4.11. The van der Waals surface area contributed by atoms with Gasteiger partial charge in [-0.05, 0) is 23.7 Å². The standard InChI is InChI=1S/C16H13Cl3N6O/c17-10-1-2-25-11(4-20-13(25)3-10)5-21-15(26)9-7-24(8-9)14-12(18)6-22-16(19)23-14/h1-4,6,9H,5,7-8H2,(H,21,26). The third-order valence-corrected chi connectivity index (χ3v) is 4.93. The van der Waals surface area contributed by atoms with Gasteiger partial charge >= 0.3 is 0 Å². The fourth-order valence-corrected chi connectivity index (χ4v) is 3.33. The van der Waals surface area contributed by atoms with E-state index >= 15 is 0 Å². The number of nitrogens with one attached hydrogen (secondary N) is 1. The van der Waals surface area contributed by atoms with Crippen molar-refractivity contribution >= 4 is 52.2 Å². The van der Waals surface area contributed by atoms with Crippen molar-refractivity contribution in [1.29, 1.82) is 0 Å². The first-order valence-electron chi connectivity index (χ1n) is 7.83. The Bertz CT molecular complexity index is 985. The van der Waals surface area contributed by atoms with Gasteiger partial charge < -0.3 is 14.6 Å². The summed E-state index contributed by atoms with van der Waals surface area (Å²) in [6, 6.07) is 3.55. The number of pyridine rings is 1. The van der Waals surface area contributed by atoms with Crippen molar-refractivity contribution in [1.82, 2.24) is 24.7 Å². The lowest BCUT2D eigenvalue weighted by molar-refractivity contribution is -0.125. The zero-order valence-electron chi connectivity index (χ0n) is 13.4. The molecule has 0 saturated carbocycles. The number of rotatable bonds is 4. The number of carbonyl (C=O) groups is 1. The van der Waals surface area contributed by atoms with E-state index in [0.717, 1.165) is 11.3 Å². The van der Waals surface area contributed by atoms with Gasteiger partial charge in [-0.2, -0.15) is 4.98 Å². The molecule has 3 aromatic heterocycles. The number of hydrogen-bond acceptors (Lipinski definition) is 5. The van der Waals surface area contributed by atoms with Gasteiger partial charge in [0.2, 0.25) is 11.2 Å². The minimum Gasteiger partial charge on any atom is -0.353 e. The predicted octanol–water partition coefficient (Wildman–Crippen LogP) is 2.84. The number of anilines is 1. The van der Waals surface area contributed by atoms with Crippen molar-refractivity contribution in [2.75, 3.05) is 18.0 Å². The second-order valence-electron chi connectivity index (χ2n) is 5.95. The zero-order chi connectivity index (χ0) is 18.3. The molecule has 3 aromatic rings. The van der Waals surface area contributed by atoms with E-state index in [0.29, 0.717) is 35.5 Å². The van der Waals surface area contributed by atoms with E-state index in [2.05, 4.69) is 20.3 Å². The largest absolute Gasteiger partial charge is 0.353 e. The van der Waals surface area contributed by atoms with Crippen LogP contribution < -0.4 is 10.2 Å². The van der Waals surface area contributed by atoms with Gasteiger partial charge in [0.15, 0.2) is 5.82 Å². The fraction of sp³-hybridized carbons (Fsp3) is 0.250. The number of halogens is 3. The van der Waals surface area contributed by atoms with Gasteiger partial charge in [-0.15, -0.1) is 0 Å². The van der Waals surface area contributed by atoms with Gasteiger partial charge in [-0.1, -0.05) is 23.2 Å². The molecule has 0 atom stereocenters. The van der Waals surface area contributed by atoms with Crippen LogP contribution in [-0.2, 0) is 11.3 Å². The molecule has 1 aliphatic heterocycles. The number of hydrogen-bond donors (Lipinski definition) is 1. The summed E-state index contributed by atoms with van der Waals surface area (Å²) in [5.74, 6) is 0.393. The molecule has 4 heterocycles. The third-order valence-electron chi connectivity index (χ3n) is 4.24. The van der Waals surface area contributed by atoms with Crippen molar-refractivity contribution in [3.63, 3.8) is 0 Å². The number of carbonyl (C=O) groups excluding carboxylic acids is 1. The van der Waals surface area contributed by atoms with E-state index in [1.165, 1.54) is 6.20 Å². The van der Waals surface area contributed by atoms with Crippen LogP contribution in [0.1, 0.15) is 5.69 Å². The molecule has 4 rings (SSSR count). The van der Waals surface area contributed by atoms with Crippen LogP contribution in [-0.4, -0.2) is 38.3 Å². The van der Waals surface area contributed by atoms with Crippen LogP contribution in [0.3, 0.4) is 0 Å². The summed E-state index contributed by atoms with van der Waals surface area (Å²) in [7, 11) is 0. The SMILES string of the molecule is O=C(NCc1cnc2cc(Cl)ccn12)C1CN(c2nc(Cl)ncc2Cl)C1. The van der Waals surface area contributed by atoms with Crippen molar-refractivity contribution in [2.24, 2.45) is 5.92 Å². The van der Waals surface area contributed by atoms with Crippen LogP contribution >= 0.6 is 34.8 Å². The normalized spacial score (nSPS) is 14.5. The molecule has 26 heavy (non-hydrogen) atoms. The monoisotopic (exact) mass is 410 g/mol. The Morgan fingerprint density at radius 1 is 1.23 bits per heavy atom. The highest BCUT2D eigenvalue weighted by Gasteiger charge is 2.34. The number of imidazole rings is 1. The molecule has 0 unspecified atom stereocenters. The Kier molecular flexibility index (Phi) is 4.60. The van der Waals surface area contributed by atoms with E-state index in [1.807, 2.05) is 15.5 Å². The lowest BCUT2D eigenvalue weighted by Crippen LogP contribution is -2.54. The molecule has 10 heteroatoms. The molecule has 0 radical (unpaired) electrons. The maximum absolute atomic E-state index is 12.4. The quantitative estimate of drug-likeness (QED) is 0.668. The molecule has 0 spiro atoms. The van der Waals surface area contributed by atoms with E-state index in [1.54, 1.807) is 18.3 Å². The molecule has 1 amide bonds. The van der Waals surface area contributed by atoms with Crippen LogP contribution in [0.15, 0.2) is 30.7 Å². The smallest absolute Gasteiger partial charge is 0.227 e. The van der Waals surface area contributed by atoms with Crippen molar-refractivity contribution in [3.05, 3.63) is 51.7 Å². The highest BCUT2D eigenvalue weighted by molar-refractivity contribution is 6.33. The second-order valence-corrected chi connectivity index (χ2v) is 7.13. The summed E-state index contributed by atoms with van der Waals surface area (Å²) in [6.45, 7) is 1.45. The van der Waals surface area contributed by atoms with Crippen LogP contribution in [0.4, 0.5) is 5.82 Å². The maximum atomic E-state index is 12.4. The summed E-state index contributed by atoms with van der Waals surface area (Å²) < 4.78 is 1.89. The molecule has 1 saturated heterocycles. The molecule has 1 fully saturated rings. The molecule has 1 N–H and O–H groups in total. The van der Waals surface area contributed by atoms with Crippen LogP contribution in [0, 0.1) is 5.92 Å². The van der Waals surface area contributed by atoms with E-state index in [9.17, 15) is 4.79 Å². The number of aromatic nitrogens is 4. The first kappa shape index (κ1) is 17.3. The van der Waals surface area contributed by atoms with Crippen LogP contribution in [0.5, 0.6) is 0 Å².